The Bertz CT molecular complexity index is 971. The van der Waals surface area contributed by atoms with Crippen LogP contribution < -0.4 is 10.2 Å². The van der Waals surface area contributed by atoms with Gasteiger partial charge in [0.15, 0.2) is 5.78 Å². The van der Waals surface area contributed by atoms with Gasteiger partial charge in [0.25, 0.3) is 5.91 Å². The zero-order valence-corrected chi connectivity index (χ0v) is 22.1. The number of Topliss-reactive ketones (excluding diaryl/α,β-unsaturated/α-hetero) is 1. The molecular weight excluding hydrogens is 472 g/mol. The lowest BCUT2D eigenvalue weighted by Gasteiger charge is -2.34. The topological polar surface area (TPSA) is 91.4 Å². The van der Waals surface area contributed by atoms with Crippen LogP contribution in [0.2, 0.25) is 0 Å². The minimum Gasteiger partial charge on any atom is -0.374 e. The number of benzene rings is 1. The Hall–Kier alpha value is -2.49. The van der Waals surface area contributed by atoms with Crippen LogP contribution in [0.5, 0.6) is 0 Å². The van der Waals surface area contributed by atoms with Crippen LogP contribution in [0, 0.1) is 5.92 Å². The molecule has 1 aliphatic carbocycles. The summed E-state index contributed by atoms with van der Waals surface area (Å²) < 4.78 is 11.5. The molecule has 1 aromatic rings. The van der Waals surface area contributed by atoms with E-state index < -0.39 is 18.2 Å². The molecule has 1 saturated carbocycles. The first-order valence-electron chi connectivity index (χ1n) is 13.9. The van der Waals surface area contributed by atoms with E-state index in [0.29, 0.717) is 18.7 Å². The number of carbonyl (C=O) groups is 3. The van der Waals surface area contributed by atoms with Gasteiger partial charge in [-0.3, -0.25) is 14.4 Å². The third-order valence-corrected chi connectivity index (χ3v) is 8.47. The molecule has 9 nitrogen and oxygen atoms in total. The fourth-order valence-corrected chi connectivity index (χ4v) is 6.34. The van der Waals surface area contributed by atoms with Crippen LogP contribution in [0.15, 0.2) is 24.3 Å². The van der Waals surface area contributed by atoms with Crippen molar-refractivity contribution >= 4 is 23.3 Å². The van der Waals surface area contributed by atoms with Crippen LogP contribution in [0.4, 0.5) is 5.69 Å². The SMILES string of the molecule is CCO[C@H]1CN(C(=O)[C@@H](NC(=O)c2ccc(N3CCN(C)CC3)cc2)C2CCCCC2)[C@@H]2C(=O)CO[C@H]12. The van der Waals surface area contributed by atoms with Crippen LogP contribution >= 0.6 is 0 Å². The van der Waals surface area contributed by atoms with E-state index in [-0.39, 0.29) is 36.2 Å². The monoisotopic (exact) mass is 512 g/mol. The molecule has 0 bridgehead atoms. The molecule has 202 valence electrons. The summed E-state index contributed by atoms with van der Waals surface area (Å²) in [5.74, 6) is -0.476. The van der Waals surface area contributed by atoms with Crippen LogP contribution in [0.25, 0.3) is 0 Å². The molecule has 3 aliphatic heterocycles. The number of hydrogen-bond acceptors (Lipinski definition) is 7. The molecular formula is C28H40N4O5. The second kappa shape index (κ2) is 11.5. The summed E-state index contributed by atoms with van der Waals surface area (Å²) >= 11 is 0. The molecule has 0 spiro atoms. The summed E-state index contributed by atoms with van der Waals surface area (Å²) in [7, 11) is 2.13. The average molecular weight is 513 g/mol. The number of nitrogens with one attached hydrogen (secondary N) is 1. The molecule has 2 amide bonds. The van der Waals surface area contributed by atoms with E-state index in [4.69, 9.17) is 9.47 Å². The Morgan fingerprint density at radius 1 is 1.08 bits per heavy atom. The first-order valence-corrected chi connectivity index (χ1v) is 13.9. The normalized spacial score (nSPS) is 27.8. The van der Waals surface area contributed by atoms with Crippen molar-refractivity contribution in [1.82, 2.24) is 15.1 Å². The standard InChI is InChI=1S/C28H40N4O5/c1-3-36-23-17-32(25-22(33)18-37-26(23)25)28(35)24(19-7-5-4-6-8-19)29-27(34)20-9-11-21(12-10-20)31-15-13-30(2)14-16-31/h9-12,19,23-26H,3-8,13-18H2,1-2H3,(H,29,34)/t23-,24-,25+,26+/m0/s1. The lowest BCUT2D eigenvalue weighted by atomic mass is 9.83. The third-order valence-electron chi connectivity index (χ3n) is 8.47. The lowest BCUT2D eigenvalue weighted by Crippen LogP contribution is -2.55. The fourth-order valence-electron chi connectivity index (χ4n) is 6.34. The fraction of sp³-hybridized carbons (Fsp3) is 0.679. The van der Waals surface area contributed by atoms with Gasteiger partial charge in [0.05, 0.1) is 6.54 Å². The van der Waals surface area contributed by atoms with Crippen molar-refractivity contribution in [3.8, 4) is 0 Å². The second-order valence-electron chi connectivity index (χ2n) is 10.9. The predicted octanol–water partition coefficient (Wildman–Crippen LogP) is 1.70. The van der Waals surface area contributed by atoms with Gasteiger partial charge in [0.2, 0.25) is 5.91 Å². The van der Waals surface area contributed by atoms with Crippen molar-refractivity contribution in [2.24, 2.45) is 5.92 Å². The third kappa shape index (κ3) is 5.54. The van der Waals surface area contributed by atoms with Crippen LogP contribution in [0.3, 0.4) is 0 Å². The van der Waals surface area contributed by atoms with E-state index in [1.807, 2.05) is 31.2 Å². The molecule has 3 heterocycles. The molecule has 3 saturated heterocycles. The number of anilines is 1. The molecule has 1 aromatic carbocycles. The summed E-state index contributed by atoms with van der Waals surface area (Å²) in [5.41, 5.74) is 1.65. The summed E-state index contributed by atoms with van der Waals surface area (Å²) in [6.07, 6.45) is 4.25. The highest BCUT2D eigenvalue weighted by molar-refractivity contribution is 5.99. The molecule has 4 aliphatic rings. The predicted molar refractivity (Wildman–Crippen MR) is 140 cm³/mol. The van der Waals surface area contributed by atoms with E-state index in [1.165, 1.54) is 0 Å². The van der Waals surface area contributed by atoms with Gasteiger partial charge in [-0.25, -0.2) is 0 Å². The zero-order valence-electron chi connectivity index (χ0n) is 22.1. The van der Waals surface area contributed by atoms with E-state index in [9.17, 15) is 14.4 Å². The average Bonchev–Trinajstić information content (AvgIpc) is 3.49. The number of amides is 2. The number of carbonyl (C=O) groups excluding carboxylic acids is 3. The molecule has 5 rings (SSSR count). The first-order chi connectivity index (χ1) is 18.0. The summed E-state index contributed by atoms with van der Waals surface area (Å²) in [4.78, 5) is 46.3. The van der Waals surface area contributed by atoms with Crippen molar-refractivity contribution in [2.75, 3.05) is 57.9 Å². The van der Waals surface area contributed by atoms with Crippen molar-refractivity contribution in [3.63, 3.8) is 0 Å². The molecule has 37 heavy (non-hydrogen) atoms. The quantitative estimate of drug-likeness (QED) is 0.595. The maximum atomic E-state index is 14.0. The number of piperazine rings is 1. The van der Waals surface area contributed by atoms with Gasteiger partial charge < -0.3 is 29.5 Å². The number of rotatable bonds is 7. The highest BCUT2D eigenvalue weighted by Gasteiger charge is 2.54. The molecule has 0 aromatic heterocycles. The number of hydrogen-bond donors (Lipinski definition) is 1. The van der Waals surface area contributed by atoms with Crippen molar-refractivity contribution in [2.45, 2.75) is 63.3 Å². The minimum atomic E-state index is -0.667. The maximum Gasteiger partial charge on any atom is 0.251 e. The van der Waals surface area contributed by atoms with Gasteiger partial charge in [-0.15, -0.1) is 0 Å². The van der Waals surface area contributed by atoms with Crippen LogP contribution in [0.1, 0.15) is 49.4 Å². The summed E-state index contributed by atoms with van der Waals surface area (Å²) in [5, 5.41) is 3.08. The number of nitrogens with zero attached hydrogens (tertiary/aromatic N) is 3. The molecule has 4 fully saturated rings. The van der Waals surface area contributed by atoms with Crippen molar-refractivity contribution in [3.05, 3.63) is 29.8 Å². The Morgan fingerprint density at radius 2 is 1.78 bits per heavy atom. The number of ketones is 1. The lowest BCUT2D eigenvalue weighted by molar-refractivity contribution is -0.139. The van der Waals surface area contributed by atoms with Crippen LogP contribution in [-0.4, -0.2) is 105 Å². The molecule has 4 atom stereocenters. The zero-order chi connectivity index (χ0) is 25.9. The Morgan fingerprint density at radius 3 is 2.46 bits per heavy atom. The number of likely N-dealkylation sites (N-methyl/N-ethyl adjacent to an activating group) is 1. The van der Waals surface area contributed by atoms with Crippen molar-refractivity contribution < 1.29 is 23.9 Å². The van der Waals surface area contributed by atoms with Gasteiger partial charge in [0, 0.05) is 44.0 Å². The highest BCUT2D eigenvalue weighted by atomic mass is 16.6. The first kappa shape index (κ1) is 26.1. The van der Waals surface area contributed by atoms with Crippen LogP contribution in [-0.2, 0) is 19.1 Å². The molecule has 1 N–H and O–H groups in total. The summed E-state index contributed by atoms with van der Waals surface area (Å²) in [6.45, 7) is 6.66. The van der Waals surface area contributed by atoms with Gasteiger partial charge in [-0.2, -0.15) is 0 Å². The van der Waals surface area contributed by atoms with Gasteiger partial charge >= 0.3 is 0 Å². The van der Waals surface area contributed by atoms with E-state index in [1.54, 1.807) is 4.90 Å². The van der Waals surface area contributed by atoms with Gasteiger partial charge in [-0.05, 0) is 57.0 Å². The summed E-state index contributed by atoms with van der Waals surface area (Å²) in [6, 6.07) is 6.37. The van der Waals surface area contributed by atoms with E-state index in [2.05, 4.69) is 22.2 Å². The molecule has 9 heteroatoms. The largest absolute Gasteiger partial charge is 0.374 e. The Labute approximate surface area is 219 Å². The number of fused-ring (bicyclic) bond motifs is 1. The highest BCUT2D eigenvalue weighted by Crippen LogP contribution is 2.33. The van der Waals surface area contributed by atoms with E-state index >= 15 is 0 Å². The Balaban J connectivity index is 1.31. The molecule has 0 unspecified atom stereocenters. The smallest absolute Gasteiger partial charge is 0.251 e. The van der Waals surface area contributed by atoms with Gasteiger partial charge in [-0.1, -0.05) is 19.3 Å². The minimum absolute atomic E-state index is 0.00277. The number of likely N-dealkylation sites (tertiary alicyclic amines) is 1. The molecule has 0 radical (unpaired) electrons. The van der Waals surface area contributed by atoms with E-state index in [0.717, 1.165) is 64.0 Å². The van der Waals surface area contributed by atoms with Gasteiger partial charge in [0.1, 0.15) is 30.9 Å². The Kier molecular flexibility index (Phi) is 8.12. The maximum absolute atomic E-state index is 14.0. The second-order valence-corrected chi connectivity index (χ2v) is 10.9. The number of ether oxygens (including phenoxy) is 2. The van der Waals surface area contributed by atoms with Crippen molar-refractivity contribution in [1.29, 1.82) is 0 Å².